The smallest absolute Gasteiger partial charge is 0.410 e. The van der Waals surface area contributed by atoms with E-state index in [0.717, 1.165) is 6.42 Å². The summed E-state index contributed by atoms with van der Waals surface area (Å²) in [5, 5.41) is 0. The van der Waals surface area contributed by atoms with Crippen LogP contribution in [-0.2, 0) is 9.53 Å². The van der Waals surface area contributed by atoms with Gasteiger partial charge < -0.3 is 4.74 Å². The number of amides is 1. The van der Waals surface area contributed by atoms with Gasteiger partial charge in [-0.2, -0.15) is 0 Å². The lowest BCUT2D eigenvalue weighted by molar-refractivity contribution is -0.121. The predicted molar refractivity (Wildman–Crippen MR) is 79.7 cm³/mol. The fourth-order valence-electron chi connectivity index (χ4n) is 2.63. The van der Waals surface area contributed by atoms with Crippen molar-refractivity contribution in [1.29, 1.82) is 0 Å². The average Bonchev–Trinajstić information content (AvgIpc) is 2.55. The lowest BCUT2D eigenvalue weighted by Gasteiger charge is -2.27. The van der Waals surface area contributed by atoms with Crippen molar-refractivity contribution in [3.05, 3.63) is 0 Å². The zero-order valence-corrected chi connectivity index (χ0v) is 14.8. The second-order valence-electron chi connectivity index (χ2n) is 6.60. The second-order valence-corrected chi connectivity index (χ2v) is 10.4. The third kappa shape index (κ3) is 2.84. The SMILES string of the molecule is CC(=O)[C@@H]1CC2(CN1C(=O)OC(C)(C)C)CC2(Br)Br. The predicted octanol–water partition coefficient (Wildman–Crippen LogP) is 3.46. The van der Waals surface area contributed by atoms with Crippen LogP contribution in [0.3, 0.4) is 0 Å². The third-order valence-electron chi connectivity index (χ3n) is 3.74. The number of carbonyl (C=O) groups is 2. The first-order chi connectivity index (χ1) is 8.47. The molecule has 1 heterocycles. The number of rotatable bonds is 1. The highest BCUT2D eigenvalue weighted by molar-refractivity contribution is 9.25. The molecule has 1 amide bonds. The molecule has 0 aromatic carbocycles. The molecule has 4 nitrogen and oxygen atoms in total. The Morgan fingerprint density at radius 1 is 1.32 bits per heavy atom. The molecule has 1 unspecified atom stereocenters. The van der Waals surface area contributed by atoms with E-state index in [1.807, 2.05) is 20.8 Å². The number of likely N-dealkylation sites (tertiary alicyclic amines) is 1. The fraction of sp³-hybridized carbons (Fsp3) is 0.846. The van der Waals surface area contributed by atoms with Gasteiger partial charge in [0.05, 0.1) is 9.28 Å². The van der Waals surface area contributed by atoms with Crippen LogP contribution in [-0.4, -0.2) is 38.2 Å². The van der Waals surface area contributed by atoms with Crippen molar-refractivity contribution >= 4 is 43.7 Å². The molecule has 1 saturated heterocycles. The molecule has 6 heteroatoms. The first kappa shape index (κ1) is 15.3. The van der Waals surface area contributed by atoms with Crippen LogP contribution >= 0.6 is 31.9 Å². The average molecular weight is 397 g/mol. The third-order valence-corrected chi connectivity index (χ3v) is 5.98. The van der Waals surface area contributed by atoms with Gasteiger partial charge in [-0.15, -0.1) is 0 Å². The molecule has 0 N–H and O–H groups in total. The van der Waals surface area contributed by atoms with Crippen LogP contribution in [0, 0.1) is 5.41 Å². The number of ketones is 1. The summed E-state index contributed by atoms with van der Waals surface area (Å²) < 4.78 is 5.25. The Balaban J connectivity index is 2.15. The number of carbonyl (C=O) groups excluding carboxylic acids is 2. The van der Waals surface area contributed by atoms with Crippen molar-refractivity contribution in [2.75, 3.05) is 6.54 Å². The number of Topliss-reactive ketones (excluding diaryl/α,β-unsaturated/α-hetero) is 1. The van der Waals surface area contributed by atoms with Gasteiger partial charge in [-0.3, -0.25) is 9.69 Å². The van der Waals surface area contributed by atoms with Crippen molar-refractivity contribution in [2.24, 2.45) is 5.41 Å². The summed E-state index contributed by atoms with van der Waals surface area (Å²) in [4.78, 5) is 25.6. The van der Waals surface area contributed by atoms with Gasteiger partial charge in [0.25, 0.3) is 0 Å². The Kier molecular flexibility index (Phi) is 3.58. The highest BCUT2D eigenvalue weighted by Gasteiger charge is 2.70. The Morgan fingerprint density at radius 3 is 2.21 bits per heavy atom. The quantitative estimate of drug-likeness (QED) is 0.637. The van der Waals surface area contributed by atoms with E-state index in [9.17, 15) is 9.59 Å². The maximum Gasteiger partial charge on any atom is 0.410 e. The highest BCUT2D eigenvalue weighted by Crippen LogP contribution is 2.71. The van der Waals surface area contributed by atoms with Crippen molar-refractivity contribution in [1.82, 2.24) is 4.90 Å². The molecule has 1 aliphatic carbocycles. The van der Waals surface area contributed by atoms with Gasteiger partial charge in [-0.25, -0.2) is 4.79 Å². The molecule has 0 radical (unpaired) electrons. The van der Waals surface area contributed by atoms with Crippen LogP contribution in [0.15, 0.2) is 0 Å². The Bertz CT molecular complexity index is 430. The Morgan fingerprint density at radius 2 is 1.84 bits per heavy atom. The lowest BCUT2D eigenvalue weighted by atomic mass is 10.0. The lowest BCUT2D eigenvalue weighted by Crippen LogP contribution is -2.42. The Labute approximate surface area is 130 Å². The van der Waals surface area contributed by atoms with E-state index < -0.39 is 11.7 Å². The number of alkyl halides is 2. The van der Waals surface area contributed by atoms with E-state index in [1.54, 1.807) is 4.90 Å². The highest BCUT2D eigenvalue weighted by atomic mass is 79.9. The largest absolute Gasteiger partial charge is 0.444 e. The molecule has 0 aromatic rings. The summed E-state index contributed by atoms with van der Waals surface area (Å²) in [5.41, 5.74) is -0.585. The summed E-state index contributed by atoms with van der Waals surface area (Å²) in [6.07, 6.45) is 1.22. The van der Waals surface area contributed by atoms with Crippen LogP contribution in [0.1, 0.15) is 40.5 Å². The molecule has 0 bridgehead atoms. The maximum atomic E-state index is 12.2. The molecule has 108 valence electrons. The molecule has 2 fully saturated rings. The first-order valence-electron chi connectivity index (χ1n) is 6.35. The van der Waals surface area contributed by atoms with Crippen molar-refractivity contribution < 1.29 is 14.3 Å². The molecule has 2 rings (SSSR count). The molecule has 2 atom stereocenters. The fourth-order valence-corrected chi connectivity index (χ4v) is 4.28. The number of ether oxygens (including phenoxy) is 1. The number of hydrogen-bond donors (Lipinski definition) is 0. The summed E-state index contributed by atoms with van der Waals surface area (Å²) in [6, 6.07) is -0.369. The normalized spacial score (nSPS) is 32.5. The first-order valence-corrected chi connectivity index (χ1v) is 7.94. The summed E-state index contributed by atoms with van der Waals surface area (Å²) in [7, 11) is 0. The van der Waals surface area contributed by atoms with E-state index in [-0.39, 0.29) is 20.5 Å². The zero-order chi connectivity index (χ0) is 14.6. The van der Waals surface area contributed by atoms with E-state index in [4.69, 9.17) is 4.74 Å². The van der Waals surface area contributed by atoms with Crippen LogP contribution in [0.5, 0.6) is 0 Å². The Hall–Kier alpha value is -0.100. The van der Waals surface area contributed by atoms with Gasteiger partial charge in [0.1, 0.15) is 5.60 Å². The minimum absolute atomic E-state index is 0.0189. The van der Waals surface area contributed by atoms with Gasteiger partial charge in [0.15, 0.2) is 5.78 Å². The van der Waals surface area contributed by atoms with Gasteiger partial charge in [0, 0.05) is 12.0 Å². The van der Waals surface area contributed by atoms with Crippen molar-refractivity contribution in [3.8, 4) is 0 Å². The number of hydrogen-bond acceptors (Lipinski definition) is 3. The zero-order valence-electron chi connectivity index (χ0n) is 11.6. The van der Waals surface area contributed by atoms with Gasteiger partial charge in [0.2, 0.25) is 0 Å². The van der Waals surface area contributed by atoms with Gasteiger partial charge >= 0.3 is 6.09 Å². The minimum atomic E-state index is -0.544. The number of nitrogens with zero attached hydrogens (tertiary/aromatic N) is 1. The van der Waals surface area contributed by atoms with E-state index in [2.05, 4.69) is 31.9 Å². The molecule has 1 spiro atoms. The van der Waals surface area contributed by atoms with Gasteiger partial charge in [-0.05, 0) is 40.5 Å². The van der Waals surface area contributed by atoms with Crippen LogP contribution in [0.4, 0.5) is 4.79 Å². The second kappa shape index (κ2) is 4.45. The van der Waals surface area contributed by atoms with Crippen LogP contribution < -0.4 is 0 Å². The molecule has 1 aliphatic heterocycles. The van der Waals surface area contributed by atoms with Gasteiger partial charge in [-0.1, -0.05) is 31.9 Å². The molecule has 2 aliphatic rings. The van der Waals surface area contributed by atoms with Crippen LogP contribution in [0.25, 0.3) is 0 Å². The topological polar surface area (TPSA) is 46.6 Å². The molecular weight excluding hydrogens is 378 g/mol. The minimum Gasteiger partial charge on any atom is -0.444 e. The molecule has 0 aromatic heterocycles. The number of halogens is 2. The monoisotopic (exact) mass is 395 g/mol. The summed E-state index contributed by atoms with van der Waals surface area (Å²) in [6.45, 7) is 7.58. The molecule has 19 heavy (non-hydrogen) atoms. The van der Waals surface area contributed by atoms with E-state index >= 15 is 0 Å². The maximum absolute atomic E-state index is 12.2. The summed E-state index contributed by atoms with van der Waals surface area (Å²) >= 11 is 7.22. The standard InChI is InChI=1S/C13H19Br2NO3/c1-8(17)9-5-12(6-13(12,14)15)7-16(9)10(18)19-11(2,3)4/h9H,5-7H2,1-4H3/t9-,12?/m0/s1. The van der Waals surface area contributed by atoms with E-state index in [1.165, 1.54) is 6.92 Å². The summed E-state index contributed by atoms with van der Waals surface area (Å²) in [5.74, 6) is 0.0189. The molecular formula is C13H19Br2NO3. The molecule has 1 saturated carbocycles. The van der Waals surface area contributed by atoms with Crippen molar-refractivity contribution in [2.45, 2.75) is 55.4 Å². The van der Waals surface area contributed by atoms with Crippen LogP contribution in [0.2, 0.25) is 0 Å². The van der Waals surface area contributed by atoms with E-state index in [0.29, 0.717) is 13.0 Å². The van der Waals surface area contributed by atoms with Crippen molar-refractivity contribution in [3.63, 3.8) is 0 Å².